The van der Waals surface area contributed by atoms with Gasteiger partial charge in [-0.3, -0.25) is 0 Å². The molecule has 0 radical (unpaired) electrons. The first-order chi connectivity index (χ1) is 11.1. The highest BCUT2D eigenvalue weighted by molar-refractivity contribution is 7.12. The summed E-state index contributed by atoms with van der Waals surface area (Å²) in [5, 5.41) is 0. The summed E-state index contributed by atoms with van der Waals surface area (Å²) in [7, 11) is 2.04. The highest BCUT2D eigenvalue weighted by atomic mass is 32.1. The number of hydrogen-bond acceptors (Lipinski definition) is 3. The van der Waals surface area contributed by atoms with E-state index in [1.54, 1.807) is 0 Å². The number of thiophene rings is 1. The Balaban J connectivity index is 1.95. The third kappa shape index (κ3) is 3.48. The van der Waals surface area contributed by atoms with Crippen molar-refractivity contribution in [2.45, 2.75) is 33.3 Å². The molecule has 2 aromatic rings. The van der Waals surface area contributed by atoms with E-state index in [4.69, 9.17) is 4.74 Å². The van der Waals surface area contributed by atoms with Gasteiger partial charge in [-0.2, -0.15) is 0 Å². The van der Waals surface area contributed by atoms with Gasteiger partial charge in [0.15, 0.2) is 0 Å². The normalized spacial score (nSPS) is 17.5. The van der Waals surface area contributed by atoms with E-state index in [1.807, 2.05) is 24.7 Å². The number of aliphatic imine (C=N–C) groups is 1. The van der Waals surface area contributed by atoms with Crippen LogP contribution in [0, 0.1) is 13.8 Å². The Kier molecular flexibility index (Phi) is 4.83. The lowest BCUT2D eigenvalue weighted by atomic mass is 9.94. The van der Waals surface area contributed by atoms with Gasteiger partial charge in [0.05, 0.1) is 18.6 Å². The van der Waals surface area contributed by atoms with Gasteiger partial charge in [-0.05, 0) is 62.1 Å². The summed E-state index contributed by atoms with van der Waals surface area (Å²) < 4.78 is 6.08. The first-order valence-corrected chi connectivity index (χ1v) is 8.96. The number of rotatable bonds is 4. The van der Waals surface area contributed by atoms with E-state index in [-0.39, 0.29) is 6.10 Å². The second kappa shape index (κ2) is 6.85. The minimum Gasteiger partial charge on any atom is -0.368 e. The smallest absolute Gasteiger partial charge is 0.117 e. The van der Waals surface area contributed by atoms with E-state index in [2.05, 4.69) is 54.9 Å². The SMILES string of the molecule is CCN(C)/C=N/c1cc2c(cc1C)C(c1ccc(C)s1)OCC2. The zero-order valence-corrected chi connectivity index (χ0v) is 15.1. The van der Waals surface area contributed by atoms with E-state index >= 15 is 0 Å². The van der Waals surface area contributed by atoms with E-state index < -0.39 is 0 Å². The van der Waals surface area contributed by atoms with Gasteiger partial charge in [0, 0.05) is 23.3 Å². The van der Waals surface area contributed by atoms with Gasteiger partial charge in [0.1, 0.15) is 6.10 Å². The Labute approximate surface area is 142 Å². The molecule has 4 heteroatoms. The molecular formula is C19H24N2OS. The lowest BCUT2D eigenvalue weighted by Crippen LogP contribution is -2.17. The van der Waals surface area contributed by atoms with Crippen LogP contribution in [0.2, 0.25) is 0 Å². The van der Waals surface area contributed by atoms with Crippen molar-refractivity contribution in [3.63, 3.8) is 0 Å². The fraction of sp³-hybridized carbons (Fsp3) is 0.421. The highest BCUT2D eigenvalue weighted by Crippen LogP contribution is 2.38. The van der Waals surface area contributed by atoms with Crippen LogP contribution in [0.1, 0.15) is 39.5 Å². The number of benzene rings is 1. The molecule has 0 amide bonds. The zero-order chi connectivity index (χ0) is 16.4. The Morgan fingerprint density at radius 3 is 2.87 bits per heavy atom. The number of fused-ring (bicyclic) bond motifs is 1. The second-order valence-electron chi connectivity index (χ2n) is 6.10. The van der Waals surface area contributed by atoms with Crippen molar-refractivity contribution in [3.05, 3.63) is 50.7 Å². The predicted octanol–water partition coefficient (Wildman–Crippen LogP) is 4.64. The molecule has 0 spiro atoms. The van der Waals surface area contributed by atoms with Gasteiger partial charge >= 0.3 is 0 Å². The average Bonchev–Trinajstić information content (AvgIpc) is 2.98. The van der Waals surface area contributed by atoms with Gasteiger partial charge in [-0.25, -0.2) is 4.99 Å². The molecular weight excluding hydrogens is 304 g/mol. The second-order valence-corrected chi connectivity index (χ2v) is 7.42. The first-order valence-electron chi connectivity index (χ1n) is 8.14. The van der Waals surface area contributed by atoms with Crippen molar-refractivity contribution < 1.29 is 4.74 Å². The molecule has 3 rings (SSSR count). The van der Waals surface area contributed by atoms with Crippen molar-refractivity contribution in [2.75, 3.05) is 20.2 Å². The van der Waals surface area contributed by atoms with Gasteiger partial charge in [0.2, 0.25) is 0 Å². The van der Waals surface area contributed by atoms with E-state index in [0.717, 1.165) is 25.3 Å². The van der Waals surface area contributed by atoms with Crippen LogP contribution in [0.5, 0.6) is 0 Å². The van der Waals surface area contributed by atoms with E-state index in [1.165, 1.54) is 26.4 Å². The summed E-state index contributed by atoms with van der Waals surface area (Å²) in [6, 6.07) is 8.86. The molecule has 0 saturated carbocycles. The molecule has 0 fully saturated rings. The molecule has 2 heterocycles. The monoisotopic (exact) mass is 328 g/mol. The third-order valence-corrected chi connectivity index (χ3v) is 5.35. The maximum atomic E-state index is 6.08. The summed E-state index contributed by atoms with van der Waals surface area (Å²) in [6.07, 6.45) is 2.95. The molecule has 1 aliphatic heterocycles. The van der Waals surface area contributed by atoms with E-state index in [0.29, 0.717) is 0 Å². The van der Waals surface area contributed by atoms with Crippen LogP contribution < -0.4 is 0 Å². The number of ether oxygens (including phenoxy) is 1. The van der Waals surface area contributed by atoms with Crippen LogP contribution in [0.4, 0.5) is 5.69 Å². The summed E-state index contributed by atoms with van der Waals surface area (Å²) in [4.78, 5) is 9.36. The van der Waals surface area contributed by atoms with Gasteiger partial charge in [0.25, 0.3) is 0 Å². The summed E-state index contributed by atoms with van der Waals surface area (Å²) >= 11 is 1.82. The van der Waals surface area contributed by atoms with Crippen LogP contribution in [-0.2, 0) is 11.2 Å². The maximum absolute atomic E-state index is 6.08. The Morgan fingerprint density at radius 2 is 2.17 bits per heavy atom. The molecule has 122 valence electrons. The minimum absolute atomic E-state index is 0.0764. The third-order valence-electron chi connectivity index (χ3n) is 4.31. The largest absolute Gasteiger partial charge is 0.368 e. The molecule has 1 aromatic carbocycles. The number of nitrogens with zero attached hydrogens (tertiary/aromatic N) is 2. The van der Waals surface area contributed by atoms with Crippen LogP contribution in [0.15, 0.2) is 29.3 Å². The van der Waals surface area contributed by atoms with Crippen molar-refractivity contribution in [1.29, 1.82) is 0 Å². The van der Waals surface area contributed by atoms with E-state index in [9.17, 15) is 0 Å². The molecule has 0 bridgehead atoms. The topological polar surface area (TPSA) is 24.8 Å². The van der Waals surface area contributed by atoms with Gasteiger partial charge in [-0.1, -0.05) is 6.07 Å². The lowest BCUT2D eigenvalue weighted by molar-refractivity contribution is 0.0721. The quantitative estimate of drug-likeness (QED) is 0.603. The van der Waals surface area contributed by atoms with Crippen molar-refractivity contribution in [1.82, 2.24) is 4.90 Å². The number of aryl methyl sites for hydroxylation is 2. The molecule has 0 saturated heterocycles. The Hall–Kier alpha value is -1.65. The average molecular weight is 328 g/mol. The maximum Gasteiger partial charge on any atom is 0.117 e. The number of hydrogen-bond donors (Lipinski definition) is 0. The standard InChI is InChI=1S/C19H24N2OS/c1-5-21(4)12-20-17-11-15-8-9-22-19(16(15)10-13(17)2)18-7-6-14(3)23-18/h6-7,10-12,19H,5,8-9H2,1-4H3/b20-12+. The summed E-state index contributed by atoms with van der Waals surface area (Å²) in [6.45, 7) is 8.13. The minimum atomic E-state index is 0.0764. The molecule has 0 N–H and O–H groups in total. The summed E-state index contributed by atoms with van der Waals surface area (Å²) in [5.74, 6) is 0. The Bertz CT molecular complexity index is 720. The highest BCUT2D eigenvalue weighted by Gasteiger charge is 2.24. The molecule has 1 aromatic heterocycles. The first kappa shape index (κ1) is 16.2. The molecule has 23 heavy (non-hydrogen) atoms. The molecule has 0 aliphatic carbocycles. The van der Waals surface area contributed by atoms with Crippen LogP contribution in [0.3, 0.4) is 0 Å². The van der Waals surface area contributed by atoms with Crippen molar-refractivity contribution in [2.24, 2.45) is 4.99 Å². The van der Waals surface area contributed by atoms with Crippen LogP contribution >= 0.6 is 11.3 Å². The predicted molar refractivity (Wildman–Crippen MR) is 98.2 cm³/mol. The summed E-state index contributed by atoms with van der Waals surface area (Å²) in [5.41, 5.74) is 4.93. The van der Waals surface area contributed by atoms with Crippen molar-refractivity contribution >= 4 is 23.4 Å². The fourth-order valence-electron chi connectivity index (χ4n) is 2.81. The van der Waals surface area contributed by atoms with Gasteiger partial charge < -0.3 is 9.64 Å². The lowest BCUT2D eigenvalue weighted by Gasteiger charge is -2.26. The van der Waals surface area contributed by atoms with Crippen LogP contribution in [-0.4, -0.2) is 31.4 Å². The molecule has 1 unspecified atom stereocenters. The molecule has 1 atom stereocenters. The van der Waals surface area contributed by atoms with Gasteiger partial charge in [-0.15, -0.1) is 11.3 Å². The zero-order valence-electron chi connectivity index (χ0n) is 14.3. The Morgan fingerprint density at radius 1 is 1.35 bits per heavy atom. The van der Waals surface area contributed by atoms with Crippen LogP contribution in [0.25, 0.3) is 0 Å². The molecule has 1 aliphatic rings. The van der Waals surface area contributed by atoms with Crippen molar-refractivity contribution in [3.8, 4) is 0 Å². The fourth-order valence-corrected chi connectivity index (χ4v) is 3.76. The molecule has 3 nitrogen and oxygen atoms in total.